The SMILES string of the molecule is CCn1cc([C@H]2CC[C@H](CN(c3cccc(-c4cnc(C5CC5)s4)c3)C(=O)[C@H]3CC[C@H](O)CC3)CC2)cn1. The minimum absolute atomic E-state index is 0.00292. The van der Waals surface area contributed by atoms with Crippen molar-refractivity contribution in [2.75, 3.05) is 11.4 Å². The van der Waals surface area contributed by atoms with Gasteiger partial charge in [-0.1, -0.05) is 12.1 Å². The van der Waals surface area contributed by atoms with E-state index in [2.05, 4.69) is 52.4 Å². The van der Waals surface area contributed by atoms with Crippen molar-refractivity contribution in [1.29, 1.82) is 0 Å². The van der Waals surface area contributed by atoms with Crippen molar-refractivity contribution in [2.24, 2.45) is 11.8 Å². The average molecular weight is 533 g/mol. The van der Waals surface area contributed by atoms with E-state index in [1.807, 2.05) is 17.1 Å². The molecule has 1 N–H and O–H groups in total. The van der Waals surface area contributed by atoms with Crippen LogP contribution in [0.2, 0.25) is 0 Å². The number of thiazole rings is 1. The number of hydrogen-bond acceptors (Lipinski definition) is 5. The van der Waals surface area contributed by atoms with Gasteiger partial charge in [0.25, 0.3) is 0 Å². The first-order chi connectivity index (χ1) is 18.6. The number of rotatable bonds is 8. The van der Waals surface area contributed by atoms with Crippen LogP contribution in [0.15, 0.2) is 42.9 Å². The predicted octanol–water partition coefficient (Wildman–Crippen LogP) is 6.76. The van der Waals surface area contributed by atoms with E-state index in [1.165, 1.54) is 28.3 Å². The molecule has 7 heteroatoms. The monoisotopic (exact) mass is 532 g/mol. The Hall–Kier alpha value is -2.51. The fourth-order valence-corrected chi connectivity index (χ4v) is 7.42. The fraction of sp³-hybridized carbons (Fsp3) is 0.581. The summed E-state index contributed by atoms with van der Waals surface area (Å²) in [6.07, 6.45) is 16.1. The third-order valence-electron chi connectivity index (χ3n) is 8.94. The van der Waals surface area contributed by atoms with Gasteiger partial charge in [0, 0.05) is 43.0 Å². The normalized spacial score (nSPS) is 25.8. The highest BCUT2D eigenvalue weighted by atomic mass is 32.1. The van der Waals surface area contributed by atoms with E-state index in [4.69, 9.17) is 0 Å². The number of aliphatic hydroxyl groups excluding tert-OH is 1. The van der Waals surface area contributed by atoms with Gasteiger partial charge in [-0.2, -0.15) is 5.10 Å². The van der Waals surface area contributed by atoms with Crippen LogP contribution in [0.3, 0.4) is 0 Å². The Morgan fingerprint density at radius 3 is 2.50 bits per heavy atom. The Kier molecular flexibility index (Phi) is 7.66. The number of aryl methyl sites for hydroxylation is 1. The Morgan fingerprint density at radius 1 is 1.03 bits per heavy atom. The first kappa shape index (κ1) is 25.8. The smallest absolute Gasteiger partial charge is 0.230 e. The van der Waals surface area contributed by atoms with Crippen LogP contribution in [0.1, 0.15) is 93.5 Å². The van der Waals surface area contributed by atoms with E-state index in [0.717, 1.165) is 75.7 Å². The van der Waals surface area contributed by atoms with Crippen molar-refractivity contribution in [3.05, 3.63) is 53.4 Å². The first-order valence-electron chi connectivity index (χ1n) is 14.6. The number of nitrogens with zero attached hydrogens (tertiary/aromatic N) is 4. The molecule has 202 valence electrons. The molecule has 38 heavy (non-hydrogen) atoms. The lowest BCUT2D eigenvalue weighted by Gasteiger charge is -2.35. The van der Waals surface area contributed by atoms with Gasteiger partial charge in [0.2, 0.25) is 5.91 Å². The molecule has 0 radical (unpaired) electrons. The zero-order valence-corrected chi connectivity index (χ0v) is 23.3. The fourth-order valence-electron chi connectivity index (χ4n) is 6.33. The third kappa shape index (κ3) is 5.74. The van der Waals surface area contributed by atoms with Crippen LogP contribution in [0, 0.1) is 11.8 Å². The molecule has 0 aliphatic heterocycles. The number of carbonyl (C=O) groups is 1. The number of aromatic nitrogens is 3. The highest BCUT2D eigenvalue weighted by Crippen LogP contribution is 2.44. The molecule has 2 heterocycles. The summed E-state index contributed by atoms with van der Waals surface area (Å²) in [6, 6.07) is 8.54. The molecule has 1 amide bonds. The largest absolute Gasteiger partial charge is 0.393 e. The predicted molar refractivity (Wildman–Crippen MR) is 152 cm³/mol. The van der Waals surface area contributed by atoms with Gasteiger partial charge in [0.1, 0.15) is 0 Å². The summed E-state index contributed by atoms with van der Waals surface area (Å²) in [7, 11) is 0. The second-order valence-electron chi connectivity index (χ2n) is 11.7. The van der Waals surface area contributed by atoms with E-state index in [1.54, 1.807) is 11.3 Å². The van der Waals surface area contributed by atoms with Gasteiger partial charge in [0.05, 0.1) is 22.2 Å². The summed E-state index contributed by atoms with van der Waals surface area (Å²) < 4.78 is 2.02. The highest BCUT2D eigenvalue weighted by molar-refractivity contribution is 7.15. The molecule has 3 saturated carbocycles. The Bertz CT molecular complexity index is 1230. The molecule has 6 rings (SSSR count). The highest BCUT2D eigenvalue weighted by Gasteiger charge is 2.33. The molecule has 0 bridgehead atoms. The summed E-state index contributed by atoms with van der Waals surface area (Å²) >= 11 is 1.80. The van der Waals surface area contributed by atoms with Crippen LogP contribution in [0.25, 0.3) is 10.4 Å². The minimum Gasteiger partial charge on any atom is -0.393 e. The van der Waals surface area contributed by atoms with Crippen LogP contribution in [-0.4, -0.2) is 38.4 Å². The van der Waals surface area contributed by atoms with Crippen LogP contribution in [0.5, 0.6) is 0 Å². The Morgan fingerprint density at radius 2 is 1.79 bits per heavy atom. The van der Waals surface area contributed by atoms with Crippen molar-refractivity contribution in [3.63, 3.8) is 0 Å². The topological polar surface area (TPSA) is 71.2 Å². The molecule has 0 saturated heterocycles. The van der Waals surface area contributed by atoms with E-state index < -0.39 is 0 Å². The van der Waals surface area contributed by atoms with Crippen molar-refractivity contribution in [2.45, 2.75) is 95.6 Å². The second-order valence-corrected chi connectivity index (χ2v) is 12.8. The molecule has 1 aromatic carbocycles. The summed E-state index contributed by atoms with van der Waals surface area (Å²) in [4.78, 5) is 21.9. The molecule has 3 aliphatic carbocycles. The van der Waals surface area contributed by atoms with Gasteiger partial charge in [-0.05, 0) is 106 Å². The van der Waals surface area contributed by atoms with Gasteiger partial charge in [-0.15, -0.1) is 11.3 Å². The van der Waals surface area contributed by atoms with E-state index in [9.17, 15) is 9.90 Å². The quantitative estimate of drug-likeness (QED) is 0.348. The lowest BCUT2D eigenvalue weighted by atomic mass is 9.79. The molecule has 3 aliphatic rings. The Labute approximate surface area is 230 Å². The number of aliphatic hydroxyl groups is 1. The molecule has 0 atom stereocenters. The van der Waals surface area contributed by atoms with E-state index in [0.29, 0.717) is 17.8 Å². The molecule has 0 spiro atoms. The van der Waals surface area contributed by atoms with Crippen LogP contribution < -0.4 is 4.90 Å². The summed E-state index contributed by atoms with van der Waals surface area (Å²) in [5.41, 5.74) is 3.52. The lowest BCUT2D eigenvalue weighted by molar-refractivity contribution is -0.124. The number of benzene rings is 1. The van der Waals surface area contributed by atoms with Crippen LogP contribution in [-0.2, 0) is 11.3 Å². The van der Waals surface area contributed by atoms with Gasteiger partial charge in [-0.25, -0.2) is 4.98 Å². The summed E-state index contributed by atoms with van der Waals surface area (Å²) in [5, 5.41) is 15.8. The number of carbonyl (C=O) groups excluding carboxylic acids is 1. The molecule has 6 nitrogen and oxygen atoms in total. The number of hydrogen-bond donors (Lipinski definition) is 1. The first-order valence-corrected chi connectivity index (χ1v) is 15.5. The van der Waals surface area contributed by atoms with Crippen molar-refractivity contribution in [3.8, 4) is 10.4 Å². The third-order valence-corrected chi connectivity index (χ3v) is 10.1. The van der Waals surface area contributed by atoms with Crippen LogP contribution in [0.4, 0.5) is 5.69 Å². The molecule has 3 aromatic rings. The maximum absolute atomic E-state index is 14.0. The molecular formula is C31H40N4O2S. The summed E-state index contributed by atoms with van der Waals surface area (Å²) in [5.74, 6) is 1.97. The maximum atomic E-state index is 14.0. The van der Waals surface area contributed by atoms with Crippen LogP contribution >= 0.6 is 11.3 Å². The lowest BCUT2D eigenvalue weighted by Crippen LogP contribution is -2.41. The average Bonchev–Trinajstić information content (AvgIpc) is 3.48. The molecule has 0 unspecified atom stereocenters. The molecular weight excluding hydrogens is 492 g/mol. The van der Waals surface area contributed by atoms with Gasteiger partial charge in [-0.3, -0.25) is 9.48 Å². The van der Waals surface area contributed by atoms with Crippen molar-refractivity contribution < 1.29 is 9.90 Å². The molecule has 3 fully saturated rings. The number of anilines is 1. The van der Waals surface area contributed by atoms with Crippen molar-refractivity contribution >= 4 is 22.9 Å². The standard InChI is InChI=1S/C31H40N4O2S/c1-2-34-20-26(17-33-34)22-8-6-21(7-9-22)19-35(31(37)24-12-14-28(36)15-13-24)27-5-3-4-25(16-27)29-18-32-30(38-29)23-10-11-23/h3-5,16-18,20-24,28,36H,2,6-15,19H2,1H3/t21-,22-,24-,28-. The van der Waals surface area contributed by atoms with Gasteiger partial charge >= 0.3 is 0 Å². The van der Waals surface area contributed by atoms with E-state index in [-0.39, 0.29) is 17.9 Å². The number of amides is 1. The molecule has 2 aromatic heterocycles. The zero-order chi connectivity index (χ0) is 26.1. The minimum atomic E-state index is -0.254. The second kappa shape index (κ2) is 11.3. The summed E-state index contributed by atoms with van der Waals surface area (Å²) in [6.45, 7) is 3.81. The van der Waals surface area contributed by atoms with Gasteiger partial charge in [0.15, 0.2) is 0 Å². The maximum Gasteiger partial charge on any atom is 0.230 e. The Balaban J connectivity index is 1.19. The van der Waals surface area contributed by atoms with E-state index >= 15 is 0 Å². The zero-order valence-electron chi connectivity index (χ0n) is 22.5. The van der Waals surface area contributed by atoms with Crippen molar-refractivity contribution in [1.82, 2.24) is 14.8 Å². The van der Waals surface area contributed by atoms with Gasteiger partial charge < -0.3 is 10.0 Å².